The lowest BCUT2D eigenvalue weighted by Gasteiger charge is -2.42. The largest absolute Gasteiger partial charge is 0.388 e. The third kappa shape index (κ3) is 3.11. The summed E-state index contributed by atoms with van der Waals surface area (Å²) in [6.07, 6.45) is 8.72. The molecular weight excluding hydrogens is 292 g/mol. The first kappa shape index (κ1) is 15.1. The lowest BCUT2D eigenvalue weighted by atomic mass is 9.90. The van der Waals surface area contributed by atoms with Crippen LogP contribution in [0.25, 0.3) is 5.65 Å². The highest BCUT2D eigenvalue weighted by Gasteiger charge is 2.35. The van der Waals surface area contributed by atoms with Gasteiger partial charge in [0.2, 0.25) is 0 Å². The van der Waals surface area contributed by atoms with E-state index in [2.05, 4.69) is 16.1 Å². The molecule has 2 saturated heterocycles. The Bertz CT molecular complexity index is 665. The summed E-state index contributed by atoms with van der Waals surface area (Å²) in [5, 5.41) is 15.1. The molecule has 2 aliphatic heterocycles. The molecule has 2 aliphatic rings. The molecule has 2 aromatic heterocycles. The number of fused-ring (bicyclic) bond motifs is 1. The topological polar surface area (TPSA) is 62.9 Å². The van der Waals surface area contributed by atoms with Gasteiger partial charge in [-0.25, -0.2) is 9.50 Å². The van der Waals surface area contributed by atoms with Crippen molar-refractivity contribution in [2.45, 2.75) is 43.7 Å². The SMILES string of the molecule is OC1(CN2CCCCC2c2ccn3nccc3n2)CCOCC1. The third-order valence-corrected chi connectivity index (χ3v) is 5.16. The second-order valence-electron chi connectivity index (χ2n) is 6.81. The lowest BCUT2D eigenvalue weighted by Crippen LogP contribution is -2.49. The van der Waals surface area contributed by atoms with Crippen molar-refractivity contribution in [2.75, 3.05) is 26.3 Å². The van der Waals surface area contributed by atoms with Crippen molar-refractivity contribution in [1.82, 2.24) is 19.5 Å². The van der Waals surface area contributed by atoms with Gasteiger partial charge in [0.05, 0.1) is 23.5 Å². The Kier molecular flexibility index (Phi) is 4.05. The van der Waals surface area contributed by atoms with Crippen molar-refractivity contribution in [1.29, 1.82) is 0 Å². The molecule has 0 aromatic carbocycles. The minimum Gasteiger partial charge on any atom is -0.388 e. The molecule has 0 saturated carbocycles. The summed E-state index contributed by atoms with van der Waals surface area (Å²) >= 11 is 0. The zero-order valence-electron chi connectivity index (χ0n) is 13.4. The zero-order valence-corrected chi connectivity index (χ0v) is 13.4. The molecule has 0 amide bonds. The van der Waals surface area contributed by atoms with Crippen LogP contribution in [0.1, 0.15) is 43.8 Å². The first-order chi connectivity index (χ1) is 11.2. The van der Waals surface area contributed by atoms with E-state index in [0.29, 0.717) is 19.8 Å². The smallest absolute Gasteiger partial charge is 0.155 e. The number of hydrogen-bond acceptors (Lipinski definition) is 5. The Morgan fingerprint density at radius 2 is 2.13 bits per heavy atom. The number of hydrogen-bond donors (Lipinski definition) is 1. The molecule has 2 fully saturated rings. The highest BCUT2D eigenvalue weighted by Crippen LogP contribution is 2.33. The first-order valence-corrected chi connectivity index (χ1v) is 8.58. The highest BCUT2D eigenvalue weighted by atomic mass is 16.5. The molecule has 1 atom stereocenters. The van der Waals surface area contributed by atoms with Gasteiger partial charge in [-0.3, -0.25) is 4.90 Å². The molecule has 0 aliphatic carbocycles. The molecule has 6 heteroatoms. The number of likely N-dealkylation sites (tertiary alicyclic amines) is 1. The molecule has 4 rings (SSSR count). The molecule has 0 bridgehead atoms. The van der Waals surface area contributed by atoms with Gasteiger partial charge in [0.15, 0.2) is 5.65 Å². The van der Waals surface area contributed by atoms with Gasteiger partial charge in [-0.1, -0.05) is 6.42 Å². The molecule has 0 spiro atoms. The third-order valence-electron chi connectivity index (χ3n) is 5.16. The minimum atomic E-state index is -0.617. The summed E-state index contributed by atoms with van der Waals surface area (Å²) in [5.41, 5.74) is 1.36. The van der Waals surface area contributed by atoms with Crippen LogP contribution >= 0.6 is 0 Å². The highest BCUT2D eigenvalue weighted by molar-refractivity contribution is 5.37. The number of aromatic nitrogens is 3. The summed E-state index contributed by atoms with van der Waals surface area (Å²) in [6, 6.07) is 4.29. The Morgan fingerprint density at radius 1 is 1.26 bits per heavy atom. The van der Waals surface area contributed by atoms with E-state index in [0.717, 1.165) is 37.1 Å². The van der Waals surface area contributed by atoms with Crippen LogP contribution in [-0.2, 0) is 4.74 Å². The van der Waals surface area contributed by atoms with Gasteiger partial charge < -0.3 is 9.84 Å². The van der Waals surface area contributed by atoms with Crippen LogP contribution in [0.5, 0.6) is 0 Å². The molecule has 2 aromatic rings. The van der Waals surface area contributed by atoms with Crippen molar-refractivity contribution in [3.05, 3.63) is 30.2 Å². The second kappa shape index (κ2) is 6.19. The maximum absolute atomic E-state index is 10.9. The van der Waals surface area contributed by atoms with Crippen LogP contribution in [0, 0.1) is 0 Å². The van der Waals surface area contributed by atoms with Gasteiger partial charge in [0.25, 0.3) is 0 Å². The van der Waals surface area contributed by atoms with Crippen LogP contribution in [0.2, 0.25) is 0 Å². The van der Waals surface area contributed by atoms with Gasteiger partial charge >= 0.3 is 0 Å². The number of piperidine rings is 1. The average molecular weight is 316 g/mol. The van der Waals surface area contributed by atoms with Gasteiger partial charge in [-0.15, -0.1) is 0 Å². The number of rotatable bonds is 3. The number of nitrogens with zero attached hydrogens (tertiary/aromatic N) is 4. The van der Waals surface area contributed by atoms with Crippen LogP contribution in [0.15, 0.2) is 24.5 Å². The molecule has 124 valence electrons. The molecule has 4 heterocycles. The Labute approximate surface area is 136 Å². The lowest BCUT2D eigenvalue weighted by molar-refractivity contribution is -0.0888. The summed E-state index contributed by atoms with van der Waals surface area (Å²) in [6.45, 7) is 3.07. The van der Waals surface area contributed by atoms with E-state index in [-0.39, 0.29) is 6.04 Å². The van der Waals surface area contributed by atoms with Crippen molar-refractivity contribution < 1.29 is 9.84 Å². The second-order valence-corrected chi connectivity index (χ2v) is 6.81. The fourth-order valence-electron chi connectivity index (χ4n) is 3.82. The Balaban J connectivity index is 1.57. The first-order valence-electron chi connectivity index (χ1n) is 8.58. The number of β-amino-alcohol motifs (C(OH)–C–C–N with tert-alkyl or cyclic N) is 1. The van der Waals surface area contributed by atoms with E-state index in [1.54, 1.807) is 10.7 Å². The molecule has 1 N–H and O–H groups in total. The molecule has 6 nitrogen and oxygen atoms in total. The van der Waals surface area contributed by atoms with Gasteiger partial charge in [-0.2, -0.15) is 5.10 Å². The fraction of sp³-hybridized carbons (Fsp3) is 0.647. The standard InChI is InChI=1S/C17H24N4O2/c22-17(6-11-23-12-7-17)13-20-9-2-1-3-15(20)14-5-10-21-16(19-14)4-8-18-21/h4-5,8,10,15,22H,1-3,6-7,9,11-13H2. The molecule has 1 unspecified atom stereocenters. The summed E-state index contributed by atoms with van der Waals surface area (Å²) in [4.78, 5) is 7.20. The average Bonchev–Trinajstić information content (AvgIpc) is 3.03. The maximum Gasteiger partial charge on any atom is 0.155 e. The van der Waals surface area contributed by atoms with Crippen LogP contribution < -0.4 is 0 Å². The maximum atomic E-state index is 10.9. The van der Waals surface area contributed by atoms with Crippen LogP contribution in [-0.4, -0.2) is 56.5 Å². The van der Waals surface area contributed by atoms with Crippen LogP contribution in [0.3, 0.4) is 0 Å². The fourth-order valence-corrected chi connectivity index (χ4v) is 3.82. The minimum absolute atomic E-state index is 0.288. The molecule has 0 radical (unpaired) electrons. The summed E-state index contributed by atoms with van der Waals surface area (Å²) in [5.74, 6) is 0. The van der Waals surface area contributed by atoms with E-state index in [1.165, 1.54) is 12.8 Å². The quantitative estimate of drug-likeness (QED) is 0.935. The van der Waals surface area contributed by atoms with Crippen molar-refractivity contribution in [3.8, 4) is 0 Å². The van der Waals surface area contributed by atoms with E-state index in [9.17, 15) is 5.11 Å². The number of aliphatic hydroxyl groups is 1. The van der Waals surface area contributed by atoms with Gasteiger partial charge in [0.1, 0.15) is 0 Å². The van der Waals surface area contributed by atoms with E-state index < -0.39 is 5.60 Å². The van der Waals surface area contributed by atoms with E-state index in [4.69, 9.17) is 9.72 Å². The van der Waals surface area contributed by atoms with Crippen LogP contribution in [0.4, 0.5) is 0 Å². The Hall–Kier alpha value is -1.50. The predicted molar refractivity (Wildman–Crippen MR) is 86.2 cm³/mol. The van der Waals surface area contributed by atoms with E-state index >= 15 is 0 Å². The predicted octanol–water partition coefficient (Wildman–Crippen LogP) is 1.80. The van der Waals surface area contributed by atoms with Crippen molar-refractivity contribution in [3.63, 3.8) is 0 Å². The van der Waals surface area contributed by atoms with E-state index in [1.807, 2.05) is 12.3 Å². The summed E-state index contributed by atoms with van der Waals surface area (Å²) < 4.78 is 7.20. The normalized spacial score (nSPS) is 25.7. The summed E-state index contributed by atoms with van der Waals surface area (Å²) in [7, 11) is 0. The van der Waals surface area contributed by atoms with Crippen molar-refractivity contribution in [2.24, 2.45) is 0 Å². The van der Waals surface area contributed by atoms with Gasteiger partial charge in [0, 0.05) is 44.9 Å². The monoisotopic (exact) mass is 316 g/mol. The van der Waals surface area contributed by atoms with Crippen molar-refractivity contribution >= 4 is 5.65 Å². The van der Waals surface area contributed by atoms with Gasteiger partial charge in [-0.05, 0) is 25.5 Å². The number of ether oxygens (including phenoxy) is 1. The Morgan fingerprint density at radius 3 is 3.00 bits per heavy atom. The zero-order chi connectivity index (χ0) is 15.7. The molecule has 23 heavy (non-hydrogen) atoms. The molecular formula is C17H24N4O2.